The van der Waals surface area contributed by atoms with E-state index in [0.717, 1.165) is 23.7 Å². The van der Waals surface area contributed by atoms with Crippen molar-refractivity contribution >= 4 is 6.03 Å². The van der Waals surface area contributed by atoms with Crippen LogP contribution in [0.1, 0.15) is 41.5 Å². The van der Waals surface area contributed by atoms with E-state index < -0.39 is 0 Å². The number of hydrogen-bond acceptors (Lipinski definition) is 3. The van der Waals surface area contributed by atoms with Gasteiger partial charge >= 0.3 is 6.03 Å². The Morgan fingerprint density at radius 2 is 1.69 bits per heavy atom. The van der Waals surface area contributed by atoms with E-state index >= 15 is 0 Å². The standard InChI is InChI=1S/C21H25N3O2/c1-26-19-10-2-15(3-11-19)12-13-23-20(14-24(22)21(23)25)18-8-6-17(7-9-18)16-4-5-16/h2-3,6-11,16,20H,4-5,12-14,22H2,1H3. The Bertz CT molecular complexity index is 769. The van der Waals surface area contributed by atoms with Crippen LogP contribution in [-0.4, -0.2) is 36.1 Å². The van der Waals surface area contributed by atoms with Crippen LogP contribution in [0.25, 0.3) is 0 Å². The maximum atomic E-state index is 12.5. The van der Waals surface area contributed by atoms with Crippen LogP contribution in [0.5, 0.6) is 5.75 Å². The van der Waals surface area contributed by atoms with E-state index in [-0.39, 0.29) is 12.1 Å². The molecule has 2 N–H and O–H groups in total. The Morgan fingerprint density at radius 1 is 1.04 bits per heavy atom. The summed E-state index contributed by atoms with van der Waals surface area (Å²) in [6.45, 7) is 1.18. The van der Waals surface area contributed by atoms with Gasteiger partial charge in [-0.05, 0) is 54.0 Å². The van der Waals surface area contributed by atoms with Gasteiger partial charge in [0, 0.05) is 6.54 Å². The lowest BCUT2D eigenvalue weighted by atomic mass is 10.0. The SMILES string of the molecule is COc1ccc(CCN2C(=O)N(N)CC2c2ccc(C3CC3)cc2)cc1. The van der Waals surface area contributed by atoms with Crippen LogP contribution >= 0.6 is 0 Å². The largest absolute Gasteiger partial charge is 0.497 e. The number of hydrogen-bond donors (Lipinski definition) is 1. The zero-order valence-corrected chi connectivity index (χ0v) is 15.1. The molecule has 2 aromatic rings. The number of hydrazine groups is 1. The van der Waals surface area contributed by atoms with Gasteiger partial charge in [0.1, 0.15) is 5.75 Å². The topological polar surface area (TPSA) is 58.8 Å². The lowest BCUT2D eigenvalue weighted by Gasteiger charge is -2.23. The minimum atomic E-state index is -0.102. The number of ether oxygens (including phenoxy) is 1. The van der Waals surface area contributed by atoms with Gasteiger partial charge in [-0.1, -0.05) is 36.4 Å². The highest BCUT2D eigenvalue weighted by Crippen LogP contribution is 2.40. The van der Waals surface area contributed by atoms with E-state index in [0.29, 0.717) is 13.1 Å². The molecule has 1 atom stereocenters. The quantitative estimate of drug-likeness (QED) is 0.640. The monoisotopic (exact) mass is 351 g/mol. The minimum Gasteiger partial charge on any atom is -0.497 e. The Balaban J connectivity index is 1.47. The number of benzene rings is 2. The molecule has 1 saturated carbocycles. The second kappa shape index (κ2) is 7.00. The molecule has 0 spiro atoms. The molecular weight excluding hydrogens is 326 g/mol. The molecule has 1 heterocycles. The molecule has 1 saturated heterocycles. The average Bonchev–Trinajstić information content (AvgIpc) is 3.48. The van der Waals surface area contributed by atoms with Crippen molar-refractivity contribution in [1.82, 2.24) is 9.91 Å². The number of nitrogens with two attached hydrogens (primary N) is 1. The van der Waals surface area contributed by atoms with E-state index in [1.54, 1.807) is 7.11 Å². The van der Waals surface area contributed by atoms with Gasteiger partial charge in [-0.15, -0.1) is 0 Å². The number of carbonyl (C=O) groups excluding carboxylic acids is 1. The van der Waals surface area contributed by atoms with E-state index in [9.17, 15) is 4.79 Å². The zero-order valence-electron chi connectivity index (χ0n) is 15.1. The second-order valence-electron chi connectivity index (χ2n) is 7.18. The van der Waals surface area contributed by atoms with Gasteiger partial charge in [0.2, 0.25) is 0 Å². The smallest absolute Gasteiger partial charge is 0.334 e. The van der Waals surface area contributed by atoms with Crippen molar-refractivity contribution in [2.24, 2.45) is 5.84 Å². The van der Waals surface area contributed by atoms with Gasteiger partial charge in [-0.3, -0.25) is 5.01 Å². The third-order valence-electron chi connectivity index (χ3n) is 5.41. The highest BCUT2D eigenvalue weighted by molar-refractivity contribution is 5.77. The summed E-state index contributed by atoms with van der Waals surface area (Å²) >= 11 is 0. The molecule has 2 fully saturated rings. The van der Waals surface area contributed by atoms with Gasteiger partial charge in [0.05, 0.1) is 19.7 Å². The molecule has 0 radical (unpaired) electrons. The van der Waals surface area contributed by atoms with Gasteiger partial charge in [0.25, 0.3) is 0 Å². The number of urea groups is 1. The number of carbonyl (C=O) groups is 1. The molecule has 1 aliphatic heterocycles. The Hall–Kier alpha value is -2.53. The van der Waals surface area contributed by atoms with Crippen LogP contribution < -0.4 is 10.6 Å². The first kappa shape index (κ1) is 16.9. The van der Waals surface area contributed by atoms with Gasteiger partial charge < -0.3 is 9.64 Å². The number of amides is 2. The average molecular weight is 351 g/mol. The fraction of sp³-hybridized carbons (Fsp3) is 0.381. The van der Waals surface area contributed by atoms with Crippen molar-refractivity contribution in [2.75, 3.05) is 20.2 Å². The molecular formula is C21H25N3O2. The maximum Gasteiger partial charge on any atom is 0.334 e. The molecule has 0 bridgehead atoms. The first-order chi connectivity index (χ1) is 12.7. The molecule has 5 nitrogen and oxygen atoms in total. The summed E-state index contributed by atoms with van der Waals surface area (Å²) in [7, 11) is 1.66. The lowest BCUT2D eigenvalue weighted by molar-refractivity contribution is 0.187. The van der Waals surface area contributed by atoms with Crippen LogP contribution in [0.3, 0.4) is 0 Å². The fourth-order valence-corrected chi connectivity index (χ4v) is 3.65. The van der Waals surface area contributed by atoms with Crippen molar-refractivity contribution in [3.63, 3.8) is 0 Å². The highest BCUT2D eigenvalue weighted by Gasteiger charge is 2.36. The van der Waals surface area contributed by atoms with Crippen LogP contribution in [0, 0.1) is 0 Å². The Labute approximate surface area is 154 Å². The summed E-state index contributed by atoms with van der Waals surface area (Å²) in [5, 5.41) is 1.33. The van der Waals surface area contributed by atoms with Crippen molar-refractivity contribution in [1.29, 1.82) is 0 Å². The molecule has 1 unspecified atom stereocenters. The van der Waals surface area contributed by atoms with Crippen LogP contribution in [0.2, 0.25) is 0 Å². The van der Waals surface area contributed by atoms with Crippen LogP contribution in [0.15, 0.2) is 48.5 Å². The predicted molar refractivity (Wildman–Crippen MR) is 101 cm³/mol. The lowest BCUT2D eigenvalue weighted by Crippen LogP contribution is -2.37. The molecule has 4 rings (SSSR count). The Kier molecular flexibility index (Phi) is 4.55. The normalized spacial score (nSPS) is 19.9. The predicted octanol–water partition coefficient (Wildman–Crippen LogP) is 3.47. The van der Waals surface area contributed by atoms with E-state index in [2.05, 4.69) is 24.3 Å². The Morgan fingerprint density at radius 3 is 2.31 bits per heavy atom. The van der Waals surface area contributed by atoms with Gasteiger partial charge in [-0.2, -0.15) is 0 Å². The summed E-state index contributed by atoms with van der Waals surface area (Å²) in [4.78, 5) is 14.4. The third kappa shape index (κ3) is 3.40. The maximum absolute atomic E-state index is 12.5. The highest BCUT2D eigenvalue weighted by atomic mass is 16.5. The van der Waals surface area contributed by atoms with Crippen LogP contribution in [0.4, 0.5) is 4.79 Å². The summed E-state index contributed by atoms with van der Waals surface area (Å²) in [5.74, 6) is 7.50. The molecule has 1 aliphatic carbocycles. The third-order valence-corrected chi connectivity index (χ3v) is 5.41. The van der Waals surface area contributed by atoms with Gasteiger partial charge in [0.15, 0.2) is 0 Å². The van der Waals surface area contributed by atoms with E-state index in [1.807, 2.05) is 29.2 Å². The first-order valence-electron chi connectivity index (χ1n) is 9.21. The van der Waals surface area contributed by atoms with E-state index in [1.165, 1.54) is 29.0 Å². The molecule has 2 aliphatic rings. The van der Waals surface area contributed by atoms with Crippen molar-refractivity contribution in [3.8, 4) is 5.75 Å². The summed E-state index contributed by atoms with van der Waals surface area (Å²) in [6.07, 6.45) is 3.39. The van der Waals surface area contributed by atoms with Crippen LogP contribution in [-0.2, 0) is 6.42 Å². The van der Waals surface area contributed by atoms with Crippen molar-refractivity contribution < 1.29 is 9.53 Å². The van der Waals surface area contributed by atoms with Gasteiger partial charge in [-0.25, -0.2) is 10.6 Å². The number of methoxy groups -OCH3 is 1. The molecule has 2 amide bonds. The summed E-state index contributed by atoms with van der Waals surface area (Å²) in [6, 6.07) is 16.6. The van der Waals surface area contributed by atoms with E-state index in [4.69, 9.17) is 10.6 Å². The summed E-state index contributed by atoms with van der Waals surface area (Å²) in [5.41, 5.74) is 3.75. The zero-order chi connectivity index (χ0) is 18.1. The second-order valence-corrected chi connectivity index (χ2v) is 7.18. The molecule has 5 heteroatoms. The van der Waals surface area contributed by atoms with Crippen molar-refractivity contribution in [3.05, 3.63) is 65.2 Å². The minimum absolute atomic E-state index is 0.0130. The molecule has 0 aromatic heterocycles. The molecule has 26 heavy (non-hydrogen) atoms. The summed E-state index contributed by atoms with van der Waals surface area (Å²) < 4.78 is 5.20. The number of rotatable bonds is 6. The first-order valence-corrected chi connectivity index (χ1v) is 9.21. The number of nitrogens with zero attached hydrogens (tertiary/aromatic N) is 2. The molecule has 2 aromatic carbocycles. The fourth-order valence-electron chi connectivity index (χ4n) is 3.65. The van der Waals surface area contributed by atoms with Crippen molar-refractivity contribution in [2.45, 2.75) is 31.2 Å². The molecule has 136 valence electrons.